The van der Waals surface area contributed by atoms with E-state index < -0.39 is 4.30 Å². The van der Waals surface area contributed by atoms with Crippen LogP contribution in [0.4, 0.5) is 0 Å². The largest absolute Gasteiger partial charge is 0.180 e. The summed E-state index contributed by atoms with van der Waals surface area (Å²) in [5, 5.41) is 0. The van der Waals surface area contributed by atoms with Crippen LogP contribution >= 0.6 is 34.8 Å². The Morgan fingerprint density at radius 2 is 0.750 bits per heavy atom. The summed E-state index contributed by atoms with van der Waals surface area (Å²) in [5.74, 6) is 0. The van der Waals surface area contributed by atoms with Gasteiger partial charge in [0.25, 0.3) is 0 Å². The molecular weight excluding hydrogens is 166 g/mol. The normalized spacial score (nSPS) is 5.50. The van der Waals surface area contributed by atoms with E-state index >= 15 is 0 Å². The van der Waals surface area contributed by atoms with Crippen molar-refractivity contribution in [3.05, 3.63) is 26.3 Å². The lowest BCUT2D eigenvalue weighted by Gasteiger charge is -1.69. The summed E-state index contributed by atoms with van der Waals surface area (Å²) in [6.07, 6.45) is 0. The van der Waals surface area contributed by atoms with Gasteiger partial charge in [0.05, 0.1) is 0 Å². The Hall–Kier alpha value is 0.350. The zero-order chi connectivity index (χ0) is 7.58. The van der Waals surface area contributed by atoms with Crippen molar-refractivity contribution >= 4 is 34.8 Å². The standard InChI is InChI=1S/2C2H4.CHCl3/c2*1-2;2-1(3)4/h2*1-2H2;1H. The summed E-state index contributed by atoms with van der Waals surface area (Å²) in [7, 11) is 0. The van der Waals surface area contributed by atoms with Gasteiger partial charge < -0.3 is 0 Å². The highest BCUT2D eigenvalue weighted by atomic mass is 35.6. The first-order valence-electron chi connectivity index (χ1n) is 1.65. The van der Waals surface area contributed by atoms with Gasteiger partial charge in [0.2, 0.25) is 0 Å². The molecule has 0 rings (SSSR count). The van der Waals surface area contributed by atoms with Crippen molar-refractivity contribution in [1.82, 2.24) is 0 Å². The first-order valence-corrected chi connectivity index (χ1v) is 2.96. The predicted octanol–water partition coefficient (Wildman–Crippen LogP) is 3.59. The second-order valence-corrected chi connectivity index (χ2v) is 2.23. The van der Waals surface area contributed by atoms with Gasteiger partial charge >= 0.3 is 0 Å². The number of hydrogen-bond acceptors (Lipinski definition) is 0. The maximum Gasteiger partial charge on any atom is 0.180 e. The fraction of sp³-hybridized carbons (Fsp3) is 0.200. The van der Waals surface area contributed by atoms with Crippen molar-refractivity contribution in [2.24, 2.45) is 0 Å². The van der Waals surface area contributed by atoms with Gasteiger partial charge in [-0.3, -0.25) is 0 Å². The van der Waals surface area contributed by atoms with Gasteiger partial charge in [0.1, 0.15) is 0 Å². The maximum absolute atomic E-state index is 4.81. The topological polar surface area (TPSA) is 0 Å². The van der Waals surface area contributed by atoms with Gasteiger partial charge in [-0.05, 0) is 0 Å². The minimum Gasteiger partial charge on any atom is -0.106 e. The molecule has 0 N–H and O–H groups in total. The lowest BCUT2D eigenvalue weighted by molar-refractivity contribution is 1.96. The molecule has 0 saturated heterocycles. The molecule has 0 amide bonds. The van der Waals surface area contributed by atoms with Crippen LogP contribution < -0.4 is 0 Å². The van der Waals surface area contributed by atoms with E-state index in [4.69, 9.17) is 34.8 Å². The Kier molecular flexibility index (Phi) is 52.0. The van der Waals surface area contributed by atoms with E-state index in [0.717, 1.165) is 0 Å². The van der Waals surface area contributed by atoms with Crippen molar-refractivity contribution in [3.8, 4) is 0 Å². The van der Waals surface area contributed by atoms with Crippen LogP contribution in [0.25, 0.3) is 0 Å². The molecule has 0 aliphatic rings. The zero-order valence-electron chi connectivity index (χ0n) is 4.54. The highest BCUT2D eigenvalue weighted by Crippen LogP contribution is 2.03. The Morgan fingerprint density at radius 3 is 0.750 bits per heavy atom. The summed E-state index contributed by atoms with van der Waals surface area (Å²) in [6.45, 7) is 12.0. The first-order chi connectivity index (χ1) is 3.73. The lowest BCUT2D eigenvalue weighted by atomic mass is 11.3. The highest BCUT2D eigenvalue weighted by molar-refractivity contribution is 6.63. The molecule has 0 heterocycles. The molecule has 0 unspecified atom stereocenters. The molecular formula is C5H9Cl3. The monoisotopic (exact) mass is 174 g/mol. The zero-order valence-corrected chi connectivity index (χ0v) is 6.81. The van der Waals surface area contributed by atoms with Crippen LogP contribution in [-0.2, 0) is 0 Å². The third-order valence-electron chi connectivity index (χ3n) is 0. The van der Waals surface area contributed by atoms with Crippen LogP contribution in [0.2, 0.25) is 0 Å². The van der Waals surface area contributed by atoms with Gasteiger partial charge in [-0.15, -0.1) is 26.3 Å². The van der Waals surface area contributed by atoms with Gasteiger partial charge in [0, 0.05) is 0 Å². The van der Waals surface area contributed by atoms with E-state index in [-0.39, 0.29) is 0 Å². The summed E-state index contributed by atoms with van der Waals surface area (Å²) in [4.78, 5) is 0. The van der Waals surface area contributed by atoms with Gasteiger partial charge in [-0.2, -0.15) is 0 Å². The Balaban J connectivity index is -0.0000000542. The summed E-state index contributed by atoms with van der Waals surface area (Å²) < 4.78 is -0.750. The highest BCUT2D eigenvalue weighted by Gasteiger charge is 1.78. The molecule has 8 heavy (non-hydrogen) atoms. The van der Waals surface area contributed by atoms with Gasteiger partial charge in [-0.1, -0.05) is 34.8 Å². The van der Waals surface area contributed by atoms with Crippen molar-refractivity contribution in [2.45, 2.75) is 4.30 Å². The number of halogens is 3. The van der Waals surface area contributed by atoms with E-state index in [9.17, 15) is 0 Å². The number of rotatable bonds is 0. The van der Waals surface area contributed by atoms with Crippen LogP contribution in [0.15, 0.2) is 26.3 Å². The van der Waals surface area contributed by atoms with Crippen LogP contribution in [0.3, 0.4) is 0 Å². The van der Waals surface area contributed by atoms with Gasteiger partial charge in [-0.25, -0.2) is 0 Å². The van der Waals surface area contributed by atoms with Crippen molar-refractivity contribution in [3.63, 3.8) is 0 Å². The van der Waals surface area contributed by atoms with Crippen molar-refractivity contribution < 1.29 is 0 Å². The Bertz CT molecular complexity index is 24.1. The smallest absolute Gasteiger partial charge is 0.106 e. The lowest BCUT2D eigenvalue weighted by Crippen LogP contribution is -1.55. The summed E-state index contributed by atoms with van der Waals surface area (Å²) >= 11 is 14.4. The second kappa shape index (κ2) is 26.4. The van der Waals surface area contributed by atoms with Gasteiger partial charge in [0.15, 0.2) is 4.30 Å². The van der Waals surface area contributed by atoms with E-state index in [2.05, 4.69) is 26.3 Å². The van der Waals surface area contributed by atoms with E-state index in [0.29, 0.717) is 0 Å². The molecule has 0 atom stereocenters. The third-order valence-corrected chi connectivity index (χ3v) is 0. The van der Waals surface area contributed by atoms with E-state index in [1.54, 1.807) is 0 Å². The molecule has 0 aromatic carbocycles. The molecule has 3 heteroatoms. The number of hydrogen-bond donors (Lipinski definition) is 0. The average molecular weight is 175 g/mol. The first kappa shape index (κ1) is 15.8. The quantitative estimate of drug-likeness (QED) is 0.390. The fourth-order valence-corrected chi connectivity index (χ4v) is 0. The minimum absolute atomic E-state index is 0.750. The molecule has 0 bridgehead atoms. The molecule has 0 aromatic heterocycles. The summed E-state index contributed by atoms with van der Waals surface area (Å²) in [5.41, 5.74) is 0. The molecule has 0 fully saturated rings. The molecule has 0 saturated carbocycles. The molecule has 0 aliphatic carbocycles. The van der Waals surface area contributed by atoms with E-state index in [1.807, 2.05) is 0 Å². The molecule has 0 radical (unpaired) electrons. The van der Waals surface area contributed by atoms with Crippen molar-refractivity contribution in [2.75, 3.05) is 0 Å². The maximum atomic E-state index is 4.81. The molecule has 0 aliphatic heterocycles. The molecule has 0 aromatic rings. The average Bonchev–Trinajstić information content (AvgIpc) is 1.75. The minimum atomic E-state index is -0.750. The molecule has 0 spiro atoms. The Labute approximate surface area is 65.7 Å². The second-order valence-electron chi connectivity index (χ2n) is 0.247. The predicted molar refractivity (Wildman–Crippen MR) is 43.9 cm³/mol. The Morgan fingerprint density at radius 1 is 0.750 bits per heavy atom. The third kappa shape index (κ3) is 1480. The van der Waals surface area contributed by atoms with Crippen molar-refractivity contribution in [1.29, 1.82) is 0 Å². The van der Waals surface area contributed by atoms with Crippen LogP contribution in [0.5, 0.6) is 0 Å². The van der Waals surface area contributed by atoms with Crippen LogP contribution in [-0.4, -0.2) is 4.30 Å². The molecule has 50 valence electrons. The van der Waals surface area contributed by atoms with Crippen LogP contribution in [0.1, 0.15) is 0 Å². The summed E-state index contributed by atoms with van der Waals surface area (Å²) in [6, 6.07) is 0. The van der Waals surface area contributed by atoms with Crippen LogP contribution in [0, 0.1) is 0 Å². The fourth-order valence-electron chi connectivity index (χ4n) is 0. The van der Waals surface area contributed by atoms with E-state index in [1.165, 1.54) is 0 Å². The SMILES string of the molecule is C=C.C=C.ClC(Cl)Cl. The molecule has 0 nitrogen and oxygen atoms in total. The number of alkyl halides is 3.